The molecule has 1 rings (SSSR count). The van der Waals surface area contributed by atoms with Gasteiger partial charge in [0.15, 0.2) is 9.84 Å². The van der Waals surface area contributed by atoms with Crippen LogP contribution < -0.4 is 5.32 Å². The Morgan fingerprint density at radius 2 is 1.90 bits per heavy atom. The number of carbonyl (C=O) groups excluding carboxylic acids is 1. The molecule has 1 amide bonds. The van der Waals surface area contributed by atoms with Crippen LogP contribution in [-0.2, 0) is 9.84 Å². The fraction of sp³-hybridized carbons (Fsp3) is 0.533. The van der Waals surface area contributed by atoms with Gasteiger partial charge in [0.1, 0.15) is 0 Å². The molecule has 1 N–H and O–H groups in total. The lowest BCUT2D eigenvalue weighted by molar-refractivity contribution is 0.0934. The average Bonchev–Trinajstić information content (AvgIpc) is 2.38. The second kappa shape index (κ2) is 7.43. The Hall–Kier alpha value is -1.36. The summed E-state index contributed by atoms with van der Waals surface area (Å²) in [7, 11) is -3.40. The minimum atomic E-state index is -3.40. The number of nitrogens with one attached hydrogen (secondary N) is 1. The van der Waals surface area contributed by atoms with Gasteiger partial charge < -0.3 is 5.32 Å². The first-order chi connectivity index (χ1) is 9.36. The van der Waals surface area contributed by atoms with Gasteiger partial charge in [0.2, 0.25) is 0 Å². The van der Waals surface area contributed by atoms with E-state index in [0.29, 0.717) is 0 Å². The molecule has 0 spiro atoms. The second-order valence-electron chi connectivity index (χ2n) is 5.14. The third kappa shape index (κ3) is 4.96. The van der Waals surface area contributed by atoms with Gasteiger partial charge in [-0.25, -0.2) is 8.42 Å². The second-order valence-corrected chi connectivity index (χ2v) is 7.12. The summed E-state index contributed by atoms with van der Waals surface area (Å²) in [5.41, 5.74) is 0.220. The lowest BCUT2D eigenvalue weighted by Gasteiger charge is -2.15. The monoisotopic (exact) mass is 297 g/mol. The summed E-state index contributed by atoms with van der Waals surface area (Å²) in [6, 6.07) is 6.35. The van der Waals surface area contributed by atoms with Gasteiger partial charge in [0.05, 0.1) is 10.5 Å². The van der Waals surface area contributed by atoms with Crippen molar-refractivity contribution in [1.82, 2.24) is 5.32 Å². The van der Waals surface area contributed by atoms with E-state index < -0.39 is 9.84 Å². The molecule has 0 bridgehead atoms. The lowest BCUT2D eigenvalue weighted by atomic mass is 10.1. The van der Waals surface area contributed by atoms with E-state index >= 15 is 0 Å². The number of benzene rings is 1. The fourth-order valence-electron chi connectivity index (χ4n) is 2.05. The highest BCUT2D eigenvalue weighted by Crippen LogP contribution is 2.15. The third-order valence-electron chi connectivity index (χ3n) is 3.15. The lowest BCUT2D eigenvalue weighted by Crippen LogP contribution is -2.33. The van der Waals surface area contributed by atoms with E-state index in [9.17, 15) is 13.2 Å². The highest BCUT2D eigenvalue weighted by molar-refractivity contribution is 7.90. The SMILES string of the molecule is CCCCCC(C)NC(=O)c1ccccc1S(C)(=O)=O. The van der Waals surface area contributed by atoms with Gasteiger partial charge in [-0.2, -0.15) is 0 Å². The van der Waals surface area contributed by atoms with E-state index in [1.807, 2.05) is 6.92 Å². The van der Waals surface area contributed by atoms with Crippen molar-refractivity contribution in [2.75, 3.05) is 6.26 Å². The molecule has 0 aliphatic heterocycles. The summed E-state index contributed by atoms with van der Waals surface area (Å²) in [6.45, 7) is 4.07. The smallest absolute Gasteiger partial charge is 0.252 e. The summed E-state index contributed by atoms with van der Waals surface area (Å²) in [5.74, 6) is -0.324. The maximum atomic E-state index is 12.2. The van der Waals surface area contributed by atoms with Crippen molar-refractivity contribution in [1.29, 1.82) is 0 Å². The molecule has 1 aromatic rings. The number of hydrogen-bond donors (Lipinski definition) is 1. The van der Waals surface area contributed by atoms with Crippen molar-refractivity contribution in [2.45, 2.75) is 50.5 Å². The molecule has 0 aromatic heterocycles. The van der Waals surface area contributed by atoms with Crippen LogP contribution in [-0.4, -0.2) is 26.6 Å². The number of unbranched alkanes of at least 4 members (excludes halogenated alkanes) is 2. The Balaban J connectivity index is 2.78. The van der Waals surface area contributed by atoms with Crippen molar-refractivity contribution >= 4 is 15.7 Å². The number of rotatable bonds is 7. The highest BCUT2D eigenvalue weighted by atomic mass is 32.2. The zero-order valence-electron chi connectivity index (χ0n) is 12.3. The van der Waals surface area contributed by atoms with Crippen LogP contribution in [0.4, 0.5) is 0 Å². The van der Waals surface area contributed by atoms with Crippen LogP contribution in [0.25, 0.3) is 0 Å². The topological polar surface area (TPSA) is 63.2 Å². The quantitative estimate of drug-likeness (QED) is 0.787. The molecule has 5 heteroatoms. The summed E-state index contributed by atoms with van der Waals surface area (Å²) in [6.07, 6.45) is 5.35. The average molecular weight is 297 g/mol. The molecule has 0 heterocycles. The molecule has 0 aliphatic carbocycles. The molecule has 1 unspecified atom stereocenters. The maximum Gasteiger partial charge on any atom is 0.252 e. The molecular formula is C15H23NO3S. The van der Waals surface area contributed by atoms with E-state index in [1.54, 1.807) is 18.2 Å². The van der Waals surface area contributed by atoms with Crippen molar-refractivity contribution < 1.29 is 13.2 Å². The number of amides is 1. The zero-order chi connectivity index (χ0) is 15.2. The normalized spacial score (nSPS) is 12.9. The van der Waals surface area contributed by atoms with E-state index in [-0.39, 0.29) is 22.4 Å². The minimum Gasteiger partial charge on any atom is -0.350 e. The number of hydrogen-bond acceptors (Lipinski definition) is 3. The molecule has 1 atom stereocenters. The Labute approximate surface area is 121 Å². The van der Waals surface area contributed by atoms with E-state index in [4.69, 9.17) is 0 Å². The largest absolute Gasteiger partial charge is 0.350 e. The molecule has 112 valence electrons. The highest BCUT2D eigenvalue weighted by Gasteiger charge is 2.19. The first-order valence-electron chi connectivity index (χ1n) is 6.96. The van der Waals surface area contributed by atoms with Crippen molar-refractivity contribution in [3.63, 3.8) is 0 Å². The number of carbonyl (C=O) groups is 1. The molecule has 20 heavy (non-hydrogen) atoms. The molecule has 0 fully saturated rings. The molecule has 0 radical (unpaired) electrons. The first-order valence-corrected chi connectivity index (χ1v) is 8.85. The first kappa shape index (κ1) is 16.7. The molecule has 0 saturated heterocycles. The van der Waals surface area contributed by atoms with Crippen LogP contribution in [0.1, 0.15) is 49.9 Å². The molecule has 0 saturated carbocycles. The van der Waals surface area contributed by atoms with Crippen LogP contribution in [0, 0.1) is 0 Å². The van der Waals surface area contributed by atoms with Gasteiger partial charge >= 0.3 is 0 Å². The standard InChI is InChI=1S/C15H23NO3S/c1-4-5-6-9-12(2)16-15(17)13-10-7-8-11-14(13)20(3,18)19/h7-8,10-12H,4-6,9H2,1-3H3,(H,16,17). The van der Waals surface area contributed by atoms with Crippen LogP contribution in [0.15, 0.2) is 29.2 Å². The van der Waals surface area contributed by atoms with Crippen molar-refractivity contribution in [3.05, 3.63) is 29.8 Å². The Bertz CT molecular complexity index is 552. The Morgan fingerprint density at radius 3 is 2.50 bits per heavy atom. The molecular weight excluding hydrogens is 274 g/mol. The third-order valence-corrected chi connectivity index (χ3v) is 4.30. The van der Waals surface area contributed by atoms with Crippen LogP contribution in [0.3, 0.4) is 0 Å². The summed E-state index contributed by atoms with van der Waals surface area (Å²) in [5, 5.41) is 2.86. The van der Waals surface area contributed by atoms with E-state index in [1.165, 1.54) is 6.07 Å². The molecule has 4 nitrogen and oxygen atoms in total. The summed E-state index contributed by atoms with van der Waals surface area (Å²) >= 11 is 0. The maximum absolute atomic E-state index is 12.2. The van der Waals surface area contributed by atoms with Gasteiger partial charge in [-0.05, 0) is 25.5 Å². The van der Waals surface area contributed by atoms with E-state index in [0.717, 1.165) is 31.9 Å². The fourth-order valence-corrected chi connectivity index (χ4v) is 2.94. The van der Waals surface area contributed by atoms with Gasteiger partial charge in [-0.3, -0.25) is 4.79 Å². The van der Waals surface area contributed by atoms with Crippen molar-refractivity contribution in [3.8, 4) is 0 Å². The van der Waals surface area contributed by atoms with Gasteiger partial charge in [-0.15, -0.1) is 0 Å². The van der Waals surface area contributed by atoms with Crippen LogP contribution in [0.5, 0.6) is 0 Å². The number of sulfone groups is 1. The van der Waals surface area contributed by atoms with Crippen LogP contribution >= 0.6 is 0 Å². The van der Waals surface area contributed by atoms with Gasteiger partial charge in [0.25, 0.3) is 5.91 Å². The predicted molar refractivity (Wildman–Crippen MR) is 80.6 cm³/mol. The Morgan fingerprint density at radius 1 is 1.25 bits per heavy atom. The minimum absolute atomic E-state index is 0.0432. The van der Waals surface area contributed by atoms with Gasteiger partial charge in [0, 0.05) is 12.3 Å². The predicted octanol–water partition coefficient (Wildman–Crippen LogP) is 2.79. The zero-order valence-corrected chi connectivity index (χ0v) is 13.2. The van der Waals surface area contributed by atoms with Gasteiger partial charge in [-0.1, -0.05) is 38.3 Å². The van der Waals surface area contributed by atoms with Crippen LogP contribution in [0.2, 0.25) is 0 Å². The Kier molecular flexibility index (Phi) is 6.20. The molecule has 1 aromatic carbocycles. The van der Waals surface area contributed by atoms with Crippen molar-refractivity contribution in [2.24, 2.45) is 0 Å². The summed E-state index contributed by atoms with van der Waals surface area (Å²) < 4.78 is 23.3. The van der Waals surface area contributed by atoms with E-state index in [2.05, 4.69) is 12.2 Å². The molecule has 0 aliphatic rings. The summed E-state index contributed by atoms with van der Waals surface area (Å²) in [4.78, 5) is 12.3.